The summed E-state index contributed by atoms with van der Waals surface area (Å²) in [4.78, 5) is 9.84. The minimum Gasteiger partial charge on any atom is -0.491 e. The summed E-state index contributed by atoms with van der Waals surface area (Å²) < 4.78 is 11.2. The molecule has 1 saturated carbocycles. The Hall–Kier alpha value is -2.81. The largest absolute Gasteiger partial charge is 0.491 e. The van der Waals surface area contributed by atoms with Gasteiger partial charge in [-0.25, -0.2) is 9.97 Å². The molecule has 4 rings (SSSR count). The van der Waals surface area contributed by atoms with Gasteiger partial charge in [0.2, 0.25) is 0 Å². The van der Waals surface area contributed by atoms with Crippen LogP contribution in [0.5, 0.6) is 5.75 Å². The van der Waals surface area contributed by atoms with Crippen molar-refractivity contribution in [2.75, 3.05) is 26.8 Å². The first-order valence-corrected chi connectivity index (χ1v) is 11.3. The van der Waals surface area contributed by atoms with Crippen LogP contribution in [0.3, 0.4) is 0 Å². The summed E-state index contributed by atoms with van der Waals surface area (Å²) in [5.74, 6) is 1.94. The van der Waals surface area contributed by atoms with E-state index in [9.17, 15) is 10.2 Å². The smallest absolute Gasteiger partial charge is 0.160 e. The summed E-state index contributed by atoms with van der Waals surface area (Å²) >= 11 is 0. The summed E-state index contributed by atoms with van der Waals surface area (Å²) in [7, 11) is 1.79. The molecule has 2 heterocycles. The second-order valence-corrected chi connectivity index (χ2v) is 9.05. The van der Waals surface area contributed by atoms with Crippen LogP contribution in [-0.4, -0.2) is 58.2 Å². The van der Waals surface area contributed by atoms with Crippen LogP contribution in [0, 0.1) is 26.2 Å². The number of aliphatic hydroxyl groups excluding tert-OH is 2. The molecule has 3 aromatic rings. The van der Waals surface area contributed by atoms with Crippen molar-refractivity contribution in [3.8, 4) is 28.4 Å². The lowest BCUT2D eigenvalue weighted by Gasteiger charge is -2.17. The molecule has 176 valence electrons. The van der Waals surface area contributed by atoms with Crippen LogP contribution in [0.15, 0.2) is 28.8 Å². The third kappa shape index (κ3) is 5.08. The number of hydrogen-bond acceptors (Lipinski definition) is 8. The lowest BCUT2D eigenvalue weighted by molar-refractivity contribution is 0.108. The van der Waals surface area contributed by atoms with Gasteiger partial charge in [0.1, 0.15) is 24.2 Å². The lowest BCUT2D eigenvalue weighted by Crippen LogP contribution is -2.29. The molecule has 1 aliphatic carbocycles. The zero-order valence-corrected chi connectivity index (χ0v) is 19.7. The van der Waals surface area contributed by atoms with Gasteiger partial charge in [0, 0.05) is 24.4 Å². The molecule has 1 unspecified atom stereocenters. The van der Waals surface area contributed by atoms with Crippen LogP contribution in [0.1, 0.15) is 35.6 Å². The molecule has 3 N–H and O–H groups in total. The van der Waals surface area contributed by atoms with Crippen molar-refractivity contribution in [3.05, 3.63) is 47.0 Å². The summed E-state index contributed by atoms with van der Waals surface area (Å²) in [5.41, 5.74) is 5.11. The quantitative estimate of drug-likeness (QED) is 0.430. The van der Waals surface area contributed by atoms with E-state index in [1.54, 1.807) is 7.05 Å². The highest BCUT2D eigenvalue weighted by Gasteiger charge is 2.43. The van der Waals surface area contributed by atoms with E-state index < -0.39 is 6.10 Å². The third-order valence-electron chi connectivity index (χ3n) is 6.33. The number of likely N-dealkylation sites (N-methyl/N-ethyl adjacent to an activating group) is 1. The Balaban J connectivity index is 1.74. The number of aliphatic hydroxyl groups is 2. The zero-order chi connectivity index (χ0) is 23.6. The third-order valence-corrected chi connectivity index (χ3v) is 6.33. The number of rotatable bonds is 10. The van der Waals surface area contributed by atoms with Gasteiger partial charge in [0.15, 0.2) is 5.82 Å². The molecule has 8 nitrogen and oxygen atoms in total. The number of benzene rings is 1. The van der Waals surface area contributed by atoms with E-state index >= 15 is 0 Å². The number of aromatic nitrogens is 3. The highest BCUT2D eigenvalue weighted by molar-refractivity contribution is 5.71. The molecule has 1 atom stereocenters. The Morgan fingerprint density at radius 3 is 2.64 bits per heavy atom. The first-order chi connectivity index (χ1) is 15.9. The summed E-state index contributed by atoms with van der Waals surface area (Å²) in [6.07, 6.45) is 2.11. The van der Waals surface area contributed by atoms with E-state index in [0.29, 0.717) is 30.3 Å². The maximum Gasteiger partial charge on any atom is 0.160 e. The van der Waals surface area contributed by atoms with Crippen LogP contribution in [0.2, 0.25) is 0 Å². The van der Waals surface area contributed by atoms with E-state index in [1.165, 1.54) is 0 Å². The maximum absolute atomic E-state index is 9.95. The molecule has 8 heteroatoms. The number of aryl methyl sites for hydroxylation is 2. The molecule has 0 spiro atoms. The van der Waals surface area contributed by atoms with Gasteiger partial charge in [-0.1, -0.05) is 17.3 Å². The second-order valence-electron chi connectivity index (χ2n) is 9.05. The normalized spacial score (nSPS) is 15.5. The fourth-order valence-corrected chi connectivity index (χ4v) is 4.06. The monoisotopic (exact) mass is 452 g/mol. The highest BCUT2D eigenvalue weighted by atomic mass is 16.5. The van der Waals surface area contributed by atoms with E-state index in [0.717, 1.165) is 46.6 Å². The van der Waals surface area contributed by atoms with E-state index in [1.807, 2.05) is 45.0 Å². The average molecular weight is 453 g/mol. The Labute approximate surface area is 194 Å². The molecule has 0 aliphatic heterocycles. The number of nitrogens with zero attached hydrogens (tertiary/aromatic N) is 3. The highest BCUT2D eigenvalue weighted by Crippen LogP contribution is 2.48. The van der Waals surface area contributed by atoms with Crippen molar-refractivity contribution < 1.29 is 19.5 Å². The fraction of sp³-hybridized carbons (Fsp3) is 0.480. The van der Waals surface area contributed by atoms with Crippen LogP contribution < -0.4 is 10.1 Å². The van der Waals surface area contributed by atoms with Gasteiger partial charge in [-0.3, -0.25) is 0 Å². The molecular formula is C25H32N4O4. The molecule has 1 aromatic carbocycles. The predicted molar refractivity (Wildman–Crippen MR) is 125 cm³/mol. The van der Waals surface area contributed by atoms with Crippen molar-refractivity contribution in [1.29, 1.82) is 0 Å². The minimum atomic E-state index is -0.597. The van der Waals surface area contributed by atoms with Crippen molar-refractivity contribution in [1.82, 2.24) is 20.4 Å². The number of hydrogen-bond donors (Lipinski definition) is 3. The SMILES string of the molecule is CNCC(O)COc1cccc(-c2nc(CC3(CO)CC3)c(C)c(-c3c(C)noc3C)n2)c1. The standard InChI is InChI=1S/C25H32N4O4/c1-15-21(11-25(14-30)8-9-25)27-24(28-23(15)22-16(2)29-33-17(22)3)18-6-5-7-20(10-18)32-13-19(31)12-26-4/h5-7,10,19,26,30-31H,8-9,11-14H2,1-4H3. The van der Waals surface area contributed by atoms with Gasteiger partial charge in [0.25, 0.3) is 0 Å². The Bertz CT molecular complexity index is 1100. The predicted octanol–water partition coefficient (Wildman–Crippen LogP) is 3.00. The van der Waals surface area contributed by atoms with Crippen molar-refractivity contribution in [3.63, 3.8) is 0 Å². The Morgan fingerprint density at radius 2 is 2.00 bits per heavy atom. The topological polar surface area (TPSA) is 114 Å². The summed E-state index contributed by atoms with van der Waals surface area (Å²) in [6, 6.07) is 7.58. The molecule has 0 amide bonds. The Morgan fingerprint density at radius 1 is 1.21 bits per heavy atom. The van der Waals surface area contributed by atoms with Crippen molar-refractivity contribution in [2.24, 2.45) is 5.41 Å². The van der Waals surface area contributed by atoms with Gasteiger partial charge >= 0.3 is 0 Å². The average Bonchev–Trinajstić information content (AvgIpc) is 3.51. The maximum atomic E-state index is 9.95. The summed E-state index contributed by atoms with van der Waals surface area (Å²) in [6.45, 7) is 6.62. The first kappa shape index (κ1) is 23.4. The van der Waals surface area contributed by atoms with E-state index in [2.05, 4.69) is 10.5 Å². The fourth-order valence-electron chi connectivity index (χ4n) is 4.06. The zero-order valence-electron chi connectivity index (χ0n) is 19.7. The molecule has 1 aliphatic rings. The summed E-state index contributed by atoms with van der Waals surface area (Å²) in [5, 5.41) is 26.9. The molecule has 33 heavy (non-hydrogen) atoms. The van der Waals surface area contributed by atoms with Gasteiger partial charge in [-0.05, 0) is 70.2 Å². The molecule has 1 fully saturated rings. The van der Waals surface area contributed by atoms with Crippen molar-refractivity contribution >= 4 is 0 Å². The number of ether oxygens (including phenoxy) is 1. The number of nitrogens with one attached hydrogen (secondary N) is 1. The van der Waals surface area contributed by atoms with Crippen LogP contribution in [0.4, 0.5) is 0 Å². The van der Waals surface area contributed by atoms with Crippen molar-refractivity contribution in [2.45, 2.75) is 46.1 Å². The van der Waals surface area contributed by atoms with Crippen LogP contribution in [0.25, 0.3) is 22.6 Å². The van der Waals surface area contributed by atoms with Crippen LogP contribution >= 0.6 is 0 Å². The lowest BCUT2D eigenvalue weighted by atomic mass is 9.95. The molecule has 2 aromatic heterocycles. The van der Waals surface area contributed by atoms with E-state index in [4.69, 9.17) is 19.2 Å². The van der Waals surface area contributed by atoms with Crippen LogP contribution in [-0.2, 0) is 6.42 Å². The molecule has 0 saturated heterocycles. The van der Waals surface area contributed by atoms with Gasteiger partial charge < -0.3 is 24.8 Å². The Kier molecular flexibility index (Phi) is 6.78. The molecule has 0 radical (unpaired) electrons. The minimum absolute atomic E-state index is 0.0825. The van der Waals surface area contributed by atoms with Gasteiger partial charge in [-0.2, -0.15) is 0 Å². The first-order valence-electron chi connectivity index (χ1n) is 11.3. The van der Waals surface area contributed by atoms with Gasteiger partial charge in [-0.15, -0.1) is 0 Å². The molecular weight excluding hydrogens is 420 g/mol. The second kappa shape index (κ2) is 9.59. The van der Waals surface area contributed by atoms with Gasteiger partial charge in [0.05, 0.1) is 17.0 Å². The molecule has 0 bridgehead atoms. The van der Waals surface area contributed by atoms with E-state index in [-0.39, 0.29) is 18.6 Å².